The van der Waals surface area contributed by atoms with E-state index in [1.54, 1.807) is 6.07 Å². The van der Waals surface area contributed by atoms with E-state index in [2.05, 4.69) is 9.97 Å². The summed E-state index contributed by atoms with van der Waals surface area (Å²) >= 11 is 0. The number of rotatable bonds is 3. The Balaban J connectivity index is 2.56. The maximum atomic E-state index is 11.5. The van der Waals surface area contributed by atoms with Gasteiger partial charge in [-0.2, -0.15) is 0 Å². The van der Waals surface area contributed by atoms with Crippen molar-refractivity contribution < 1.29 is 5.11 Å². The minimum absolute atomic E-state index is 0.120. The fraction of sp³-hybridized carbons (Fsp3) is 0.273. The van der Waals surface area contributed by atoms with Gasteiger partial charge >= 0.3 is 0 Å². The smallest absolute Gasteiger partial charge is 0.258 e. The van der Waals surface area contributed by atoms with Gasteiger partial charge in [0.15, 0.2) is 0 Å². The van der Waals surface area contributed by atoms with Crippen molar-refractivity contribution in [3.05, 3.63) is 40.4 Å². The zero-order valence-electron chi connectivity index (χ0n) is 8.23. The Morgan fingerprint density at radius 3 is 3.07 bits per heavy atom. The highest BCUT2D eigenvalue weighted by atomic mass is 16.2. The summed E-state index contributed by atoms with van der Waals surface area (Å²) in [5.74, 6) is 0. The second-order valence-electron chi connectivity index (χ2n) is 3.37. The number of aliphatic hydroxyl groups is 1. The van der Waals surface area contributed by atoms with Crippen LogP contribution in [0.15, 0.2) is 29.3 Å². The van der Waals surface area contributed by atoms with Crippen molar-refractivity contribution in [2.75, 3.05) is 6.61 Å². The van der Waals surface area contributed by atoms with Gasteiger partial charge in [-0.25, -0.2) is 4.98 Å². The summed E-state index contributed by atoms with van der Waals surface area (Å²) in [6, 6.07) is 5.53. The Labute approximate surface area is 86.6 Å². The highest BCUT2D eigenvalue weighted by molar-refractivity contribution is 5.80. The molecule has 1 aromatic carbocycles. The van der Waals surface area contributed by atoms with Crippen LogP contribution in [0.4, 0.5) is 0 Å². The first-order valence-corrected chi connectivity index (χ1v) is 4.89. The number of aliphatic hydroxyl groups excluding tert-OH is 1. The van der Waals surface area contributed by atoms with Gasteiger partial charge in [-0.1, -0.05) is 12.1 Å². The number of nitrogens with one attached hydrogen (secondary N) is 1. The molecule has 0 amide bonds. The van der Waals surface area contributed by atoms with Crippen LogP contribution in [0, 0.1) is 0 Å². The second-order valence-corrected chi connectivity index (χ2v) is 3.37. The number of hydrogen-bond acceptors (Lipinski definition) is 3. The van der Waals surface area contributed by atoms with Crippen molar-refractivity contribution in [1.82, 2.24) is 9.97 Å². The van der Waals surface area contributed by atoms with Crippen molar-refractivity contribution in [2.24, 2.45) is 0 Å². The van der Waals surface area contributed by atoms with E-state index in [0.29, 0.717) is 11.8 Å². The minimum atomic E-state index is -0.120. The van der Waals surface area contributed by atoms with Crippen LogP contribution in [0.25, 0.3) is 10.9 Å². The zero-order valence-corrected chi connectivity index (χ0v) is 8.23. The topological polar surface area (TPSA) is 66.0 Å². The van der Waals surface area contributed by atoms with Gasteiger partial charge in [-0.05, 0) is 24.5 Å². The fourth-order valence-corrected chi connectivity index (χ4v) is 1.63. The van der Waals surface area contributed by atoms with Crippen molar-refractivity contribution >= 4 is 10.9 Å². The lowest BCUT2D eigenvalue weighted by molar-refractivity contribution is 0.288. The van der Waals surface area contributed by atoms with E-state index >= 15 is 0 Å². The van der Waals surface area contributed by atoms with Gasteiger partial charge in [0.2, 0.25) is 0 Å². The molecule has 15 heavy (non-hydrogen) atoms. The number of aryl methyl sites for hydroxylation is 1. The third kappa shape index (κ3) is 1.89. The lowest BCUT2D eigenvalue weighted by Gasteiger charge is -2.03. The van der Waals surface area contributed by atoms with Crippen LogP contribution < -0.4 is 5.56 Å². The van der Waals surface area contributed by atoms with Gasteiger partial charge in [0.05, 0.1) is 17.2 Å². The molecule has 0 aliphatic carbocycles. The molecule has 4 heteroatoms. The van der Waals surface area contributed by atoms with Crippen LogP contribution in [0.1, 0.15) is 12.0 Å². The summed E-state index contributed by atoms with van der Waals surface area (Å²) in [5, 5.41) is 9.37. The maximum absolute atomic E-state index is 11.5. The lowest BCUT2D eigenvalue weighted by atomic mass is 10.1. The van der Waals surface area contributed by atoms with Crippen LogP contribution in [-0.2, 0) is 6.42 Å². The monoisotopic (exact) mass is 204 g/mol. The maximum Gasteiger partial charge on any atom is 0.258 e. The molecule has 0 unspecified atom stereocenters. The Hall–Kier alpha value is -1.68. The van der Waals surface area contributed by atoms with Crippen LogP contribution in [0.2, 0.25) is 0 Å². The van der Waals surface area contributed by atoms with Crippen molar-refractivity contribution in [2.45, 2.75) is 12.8 Å². The molecule has 0 aliphatic rings. The number of benzene rings is 1. The van der Waals surface area contributed by atoms with E-state index in [1.807, 2.05) is 12.1 Å². The number of fused-ring (bicyclic) bond motifs is 1. The van der Waals surface area contributed by atoms with Gasteiger partial charge in [0.1, 0.15) is 0 Å². The second kappa shape index (κ2) is 4.23. The largest absolute Gasteiger partial charge is 0.396 e. The Kier molecular flexibility index (Phi) is 2.78. The molecular formula is C11H12N2O2. The summed E-state index contributed by atoms with van der Waals surface area (Å²) in [6.45, 7) is 0.152. The quantitative estimate of drug-likeness (QED) is 0.778. The number of para-hydroxylation sites is 1. The first kappa shape index (κ1) is 9.86. The molecule has 4 nitrogen and oxygen atoms in total. The summed E-state index contributed by atoms with van der Waals surface area (Å²) in [4.78, 5) is 18.2. The molecule has 0 aliphatic heterocycles. The first-order valence-electron chi connectivity index (χ1n) is 4.89. The average Bonchev–Trinajstić information content (AvgIpc) is 2.27. The molecule has 0 radical (unpaired) electrons. The van der Waals surface area contributed by atoms with Crippen LogP contribution in [-0.4, -0.2) is 21.7 Å². The summed E-state index contributed by atoms with van der Waals surface area (Å²) in [6.07, 6.45) is 2.84. The van der Waals surface area contributed by atoms with E-state index in [-0.39, 0.29) is 12.2 Å². The van der Waals surface area contributed by atoms with Crippen molar-refractivity contribution in [3.63, 3.8) is 0 Å². The number of aromatic nitrogens is 2. The number of nitrogens with zero attached hydrogens (tertiary/aromatic N) is 1. The van der Waals surface area contributed by atoms with E-state index in [0.717, 1.165) is 17.5 Å². The normalized spacial score (nSPS) is 10.7. The minimum Gasteiger partial charge on any atom is -0.396 e. The summed E-state index contributed by atoms with van der Waals surface area (Å²) in [7, 11) is 0. The van der Waals surface area contributed by atoms with E-state index in [4.69, 9.17) is 5.11 Å². The van der Waals surface area contributed by atoms with Gasteiger partial charge in [-0.3, -0.25) is 4.79 Å². The highest BCUT2D eigenvalue weighted by Crippen LogP contribution is 2.13. The van der Waals surface area contributed by atoms with Gasteiger partial charge < -0.3 is 10.1 Å². The number of hydrogen-bond donors (Lipinski definition) is 2. The van der Waals surface area contributed by atoms with Crippen LogP contribution in [0.5, 0.6) is 0 Å². The SMILES string of the molecule is O=c1[nH]cnc2c(CCCO)cccc12. The number of H-pyrrole nitrogens is 1. The molecule has 0 spiro atoms. The van der Waals surface area contributed by atoms with E-state index in [1.165, 1.54) is 6.33 Å². The van der Waals surface area contributed by atoms with Crippen molar-refractivity contribution in [3.8, 4) is 0 Å². The molecule has 1 aromatic heterocycles. The Morgan fingerprint density at radius 1 is 1.40 bits per heavy atom. The molecule has 0 fully saturated rings. The van der Waals surface area contributed by atoms with Crippen molar-refractivity contribution in [1.29, 1.82) is 0 Å². The first-order chi connectivity index (χ1) is 7.33. The Morgan fingerprint density at radius 2 is 2.27 bits per heavy atom. The molecule has 2 rings (SSSR count). The van der Waals surface area contributed by atoms with Gasteiger partial charge in [0.25, 0.3) is 5.56 Å². The molecule has 1 heterocycles. The molecule has 0 bridgehead atoms. The standard InChI is InChI=1S/C11H12N2O2/c14-6-2-4-8-3-1-5-9-10(8)12-7-13-11(9)15/h1,3,5,7,14H,2,4,6H2,(H,12,13,15). The predicted molar refractivity (Wildman–Crippen MR) is 57.8 cm³/mol. The fourth-order valence-electron chi connectivity index (χ4n) is 1.63. The van der Waals surface area contributed by atoms with Gasteiger partial charge in [0, 0.05) is 6.61 Å². The van der Waals surface area contributed by atoms with Gasteiger partial charge in [-0.15, -0.1) is 0 Å². The third-order valence-electron chi connectivity index (χ3n) is 2.36. The highest BCUT2D eigenvalue weighted by Gasteiger charge is 2.03. The Bertz CT molecular complexity index is 519. The third-order valence-corrected chi connectivity index (χ3v) is 2.36. The van der Waals surface area contributed by atoms with Crippen LogP contribution in [0.3, 0.4) is 0 Å². The summed E-state index contributed by atoms with van der Waals surface area (Å²) in [5.41, 5.74) is 1.62. The summed E-state index contributed by atoms with van der Waals surface area (Å²) < 4.78 is 0. The molecule has 78 valence electrons. The average molecular weight is 204 g/mol. The molecule has 0 atom stereocenters. The van der Waals surface area contributed by atoms with E-state index in [9.17, 15) is 4.79 Å². The van der Waals surface area contributed by atoms with E-state index < -0.39 is 0 Å². The zero-order chi connectivity index (χ0) is 10.7. The lowest BCUT2D eigenvalue weighted by Crippen LogP contribution is -2.07. The molecule has 2 N–H and O–H groups in total. The molecule has 2 aromatic rings. The number of aromatic amines is 1. The predicted octanol–water partition coefficient (Wildman–Crippen LogP) is 0.848. The van der Waals surface area contributed by atoms with Crippen LogP contribution >= 0.6 is 0 Å². The molecule has 0 saturated carbocycles. The molecule has 0 saturated heterocycles. The molecular weight excluding hydrogens is 192 g/mol.